The number of halogens is 5. The zero-order chi connectivity index (χ0) is 10.8. The van der Waals surface area contributed by atoms with Crippen LogP contribution in [0, 0.1) is 11.6 Å². The maximum atomic E-state index is 12.8. The zero-order valence-electron chi connectivity index (χ0n) is 6.74. The Morgan fingerprint density at radius 1 is 1.14 bits per heavy atom. The first kappa shape index (κ1) is 11.3. The lowest BCUT2D eigenvalue weighted by molar-refractivity contribution is -0.105. The fourth-order valence-electron chi connectivity index (χ4n) is 0.755. The molecule has 0 aromatic heterocycles. The quantitative estimate of drug-likeness (QED) is 0.550. The molecule has 0 nitrogen and oxygen atoms in total. The molecule has 1 rings (SSSR count). The van der Waals surface area contributed by atoms with Crippen molar-refractivity contribution in [1.29, 1.82) is 0 Å². The van der Waals surface area contributed by atoms with Crippen LogP contribution >= 0.6 is 11.8 Å². The fraction of sp³-hybridized carbons (Fsp3) is 0.250. The number of hydrogen-bond acceptors (Lipinski definition) is 1. The van der Waals surface area contributed by atoms with Gasteiger partial charge in [0.15, 0.2) is 11.6 Å². The van der Waals surface area contributed by atoms with Crippen LogP contribution in [0.3, 0.4) is 0 Å². The van der Waals surface area contributed by atoms with Crippen LogP contribution in [0.1, 0.15) is 0 Å². The highest BCUT2D eigenvalue weighted by Crippen LogP contribution is 2.29. The Bertz CT molecular complexity index is 320. The van der Waals surface area contributed by atoms with Crippen molar-refractivity contribution in [1.82, 2.24) is 0 Å². The molecule has 0 aliphatic rings. The molecule has 0 unspecified atom stereocenters. The second-order valence-corrected chi connectivity index (χ2v) is 3.47. The first-order valence-corrected chi connectivity index (χ1v) is 4.52. The zero-order valence-corrected chi connectivity index (χ0v) is 7.55. The normalized spacial score (nSPS) is 11.8. The van der Waals surface area contributed by atoms with Crippen molar-refractivity contribution in [3.63, 3.8) is 0 Å². The summed E-state index contributed by atoms with van der Waals surface area (Å²) >= 11 is 0.228. The molecule has 0 radical (unpaired) electrons. The summed E-state index contributed by atoms with van der Waals surface area (Å²) in [6, 6.07) is 3.12. The van der Waals surface area contributed by atoms with E-state index in [0.29, 0.717) is 0 Å². The van der Waals surface area contributed by atoms with E-state index in [1.165, 1.54) is 0 Å². The minimum atomic E-state index is -4.39. The summed E-state index contributed by atoms with van der Waals surface area (Å²) in [6.07, 6.45) is -4.39. The molecular formula is C8H5F5S. The second-order valence-electron chi connectivity index (χ2n) is 2.46. The standard InChI is InChI=1S/C8H5F5S/c9-5-2-1-3-6(7(5)10)14-4-8(11,12)13/h1-3H,4H2. The van der Waals surface area contributed by atoms with Gasteiger partial charge in [-0.15, -0.1) is 11.8 Å². The van der Waals surface area contributed by atoms with Gasteiger partial charge in [0.1, 0.15) is 0 Å². The van der Waals surface area contributed by atoms with Gasteiger partial charge in [-0.2, -0.15) is 13.2 Å². The molecule has 0 aliphatic heterocycles. The van der Waals surface area contributed by atoms with E-state index >= 15 is 0 Å². The van der Waals surface area contributed by atoms with Crippen molar-refractivity contribution in [2.24, 2.45) is 0 Å². The molecule has 1 aromatic rings. The Labute approximate surface area is 81.1 Å². The molecule has 1 aromatic carbocycles. The van der Waals surface area contributed by atoms with E-state index in [-0.39, 0.29) is 16.7 Å². The summed E-state index contributed by atoms with van der Waals surface area (Å²) in [5.41, 5.74) is 0. The van der Waals surface area contributed by atoms with Crippen molar-refractivity contribution in [2.45, 2.75) is 11.1 Å². The topological polar surface area (TPSA) is 0 Å². The first-order valence-electron chi connectivity index (χ1n) is 3.54. The number of hydrogen-bond donors (Lipinski definition) is 0. The minimum Gasteiger partial charge on any atom is -0.204 e. The molecule has 0 saturated carbocycles. The van der Waals surface area contributed by atoms with Crippen LogP contribution in [0.4, 0.5) is 22.0 Å². The Kier molecular flexibility index (Phi) is 3.36. The van der Waals surface area contributed by atoms with Crippen molar-refractivity contribution in [3.8, 4) is 0 Å². The largest absolute Gasteiger partial charge is 0.398 e. The average Bonchev–Trinajstić information content (AvgIpc) is 2.06. The lowest BCUT2D eigenvalue weighted by Gasteiger charge is -2.06. The van der Waals surface area contributed by atoms with Gasteiger partial charge in [0.05, 0.1) is 5.75 Å². The van der Waals surface area contributed by atoms with Crippen molar-refractivity contribution < 1.29 is 22.0 Å². The Balaban J connectivity index is 2.73. The van der Waals surface area contributed by atoms with Crippen LogP contribution in [-0.2, 0) is 0 Å². The third-order valence-corrected chi connectivity index (χ3v) is 2.41. The van der Waals surface area contributed by atoms with Gasteiger partial charge >= 0.3 is 6.18 Å². The van der Waals surface area contributed by atoms with E-state index in [9.17, 15) is 22.0 Å². The summed E-state index contributed by atoms with van der Waals surface area (Å²) in [5, 5.41) is 0. The van der Waals surface area contributed by atoms with E-state index in [4.69, 9.17) is 0 Å². The van der Waals surface area contributed by atoms with Crippen LogP contribution < -0.4 is 0 Å². The molecule has 0 amide bonds. The van der Waals surface area contributed by atoms with Gasteiger partial charge in [-0.3, -0.25) is 0 Å². The molecule has 6 heteroatoms. The van der Waals surface area contributed by atoms with Gasteiger partial charge in [-0.05, 0) is 12.1 Å². The maximum absolute atomic E-state index is 12.8. The van der Waals surface area contributed by atoms with Gasteiger partial charge in [0, 0.05) is 4.90 Å². The maximum Gasteiger partial charge on any atom is 0.398 e. The molecule has 0 heterocycles. The third-order valence-electron chi connectivity index (χ3n) is 1.31. The Morgan fingerprint density at radius 2 is 1.79 bits per heavy atom. The van der Waals surface area contributed by atoms with E-state index < -0.39 is 23.6 Å². The van der Waals surface area contributed by atoms with Crippen molar-refractivity contribution in [3.05, 3.63) is 29.8 Å². The van der Waals surface area contributed by atoms with E-state index in [0.717, 1.165) is 18.2 Å². The summed E-state index contributed by atoms with van der Waals surface area (Å²) in [7, 11) is 0. The second kappa shape index (κ2) is 4.16. The number of thioether (sulfide) groups is 1. The predicted octanol–water partition coefficient (Wildman–Crippen LogP) is 3.62. The minimum absolute atomic E-state index is 0.228. The molecule has 0 fully saturated rings. The Hall–Kier alpha value is -0.780. The van der Waals surface area contributed by atoms with Crippen LogP contribution in [0.15, 0.2) is 23.1 Å². The van der Waals surface area contributed by atoms with Gasteiger partial charge in [0.2, 0.25) is 0 Å². The number of alkyl halides is 3. The van der Waals surface area contributed by atoms with E-state index in [1.807, 2.05) is 0 Å². The van der Waals surface area contributed by atoms with Crippen molar-refractivity contribution in [2.75, 3.05) is 5.75 Å². The molecule has 0 saturated heterocycles. The number of benzene rings is 1. The first-order chi connectivity index (χ1) is 6.40. The highest BCUT2D eigenvalue weighted by Gasteiger charge is 2.28. The van der Waals surface area contributed by atoms with Crippen LogP contribution in [0.2, 0.25) is 0 Å². The highest BCUT2D eigenvalue weighted by atomic mass is 32.2. The summed E-state index contributed by atoms with van der Waals surface area (Å²) in [4.78, 5) is -0.331. The highest BCUT2D eigenvalue weighted by molar-refractivity contribution is 7.99. The van der Waals surface area contributed by atoms with Gasteiger partial charge in [0.25, 0.3) is 0 Å². The summed E-state index contributed by atoms with van der Waals surface area (Å²) in [6.45, 7) is 0. The SMILES string of the molecule is Fc1cccc(SCC(F)(F)F)c1F. The fourth-order valence-corrected chi connectivity index (χ4v) is 1.47. The molecule has 0 spiro atoms. The summed E-state index contributed by atoms with van der Waals surface area (Å²) < 4.78 is 60.6. The molecule has 78 valence electrons. The smallest absolute Gasteiger partial charge is 0.204 e. The van der Waals surface area contributed by atoms with Gasteiger partial charge < -0.3 is 0 Å². The Morgan fingerprint density at radius 3 is 2.36 bits per heavy atom. The molecule has 0 bridgehead atoms. The predicted molar refractivity (Wildman–Crippen MR) is 43.1 cm³/mol. The molecular weight excluding hydrogens is 223 g/mol. The monoisotopic (exact) mass is 228 g/mol. The molecule has 0 N–H and O–H groups in total. The molecule has 0 atom stereocenters. The number of rotatable bonds is 2. The molecule has 14 heavy (non-hydrogen) atoms. The van der Waals surface area contributed by atoms with Crippen LogP contribution in [-0.4, -0.2) is 11.9 Å². The van der Waals surface area contributed by atoms with E-state index in [2.05, 4.69) is 0 Å². The third kappa shape index (κ3) is 3.17. The van der Waals surface area contributed by atoms with E-state index in [1.54, 1.807) is 0 Å². The van der Waals surface area contributed by atoms with Crippen LogP contribution in [0.5, 0.6) is 0 Å². The molecule has 0 aliphatic carbocycles. The average molecular weight is 228 g/mol. The lowest BCUT2D eigenvalue weighted by Crippen LogP contribution is -2.10. The summed E-state index contributed by atoms with van der Waals surface area (Å²) in [5.74, 6) is -3.60. The van der Waals surface area contributed by atoms with Crippen molar-refractivity contribution >= 4 is 11.8 Å². The van der Waals surface area contributed by atoms with Gasteiger partial charge in [-0.25, -0.2) is 8.78 Å². The van der Waals surface area contributed by atoms with Gasteiger partial charge in [-0.1, -0.05) is 6.07 Å². The lowest BCUT2D eigenvalue weighted by atomic mass is 10.3. The van der Waals surface area contributed by atoms with Crippen LogP contribution in [0.25, 0.3) is 0 Å².